The number of H-pyrrole nitrogens is 1. The van der Waals surface area contributed by atoms with Crippen molar-refractivity contribution in [3.63, 3.8) is 0 Å². The minimum Gasteiger partial charge on any atom is -0.507 e. The standard InChI is InChI=1S/C26H20FN3O5/c1-34-19-12-9-15(13-20(19)35-2)23(31)21-22(14-7-10-16(27)11-8-14)30(25(33)24(21)32)26-28-17-5-3-4-6-18(17)29-26/h3-13,22,31H,1-2H3,(H,28,29)/b23-21+. The molecule has 1 aliphatic rings. The molecule has 176 valence electrons. The zero-order valence-corrected chi connectivity index (χ0v) is 18.8. The number of halogens is 1. The molecule has 1 fully saturated rings. The third-order valence-corrected chi connectivity index (χ3v) is 5.89. The van der Waals surface area contributed by atoms with E-state index in [0.717, 1.165) is 0 Å². The van der Waals surface area contributed by atoms with Gasteiger partial charge in [-0.2, -0.15) is 0 Å². The van der Waals surface area contributed by atoms with Gasteiger partial charge in [0.05, 0.1) is 36.9 Å². The van der Waals surface area contributed by atoms with Crippen LogP contribution in [-0.4, -0.2) is 41.0 Å². The number of para-hydroxylation sites is 2. The van der Waals surface area contributed by atoms with Crippen molar-refractivity contribution in [2.75, 3.05) is 19.1 Å². The summed E-state index contributed by atoms with van der Waals surface area (Å²) in [5, 5.41) is 11.3. The second-order valence-corrected chi connectivity index (χ2v) is 7.87. The number of methoxy groups -OCH3 is 2. The lowest BCUT2D eigenvalue weighted by atomic mass is 9.95. The molecule has 1 saturated heterocycles. The number of nitrogens with zero attached hydrogens (tertiary/aromatic N) is 2. The monoisotopic (exact) mass is 473 g/mol. The van der Waals surface area contributed by atoms with Crippen molar-refractivity contribution in [1.29, 1.82) is 0 Å². The van der Waals surface area contributed by atoms with Crippen LogP contribution in [0.25, 0.3) is 16.8 Å². The number of aliphatic hydroxyl groups excluding tert-OH is 1. The maximum Gasteiger partial charge on any atom is 0.302 e. The van der Waals surface area contributed by atoms with Gasteiger partial charge in [0.25, 0.3) is 5.78 Å². The lowest BCUT2D eigenvalue weighted by molar-refractivity contribution is -0.132. The second kappa shape index (κ2) is 8.60. The maximum absolute atomic E-state index is 13.7. The third kappa shape index (κ3) is 3.67. The summed E-state index contributed by atoms with van der Waals surface area (Å²) in [5.41, 5.74) is 1.78. The number of ketones is 1. The first kappa shape index (κ1) is 22.1. The molecular weight excluding hydrogens is 453 g/mol. The number of carbonyl (C=O) groups is 2. The Morgan fingerprint density at radius 1 is 1.00 bits per heavy atom. The summed E-state index contributed by atoms with van der Waals surface area (Å²) < 4.78 is 24.3. The maximum atomic E-state index is 13.7. The van der Waals surface area contributed by atoms with Crippen molar-refractivity contribution in [3.8, 4) is 11.5 Å². The van der Waals surface area contributed by atoms with Crippen LogP contribution in [0.3, 0.4) is 0 Å². The molecule has 4 aromatic rings. The fourth-order valence-corrected chi connectivity index (χ4v) is 4.20. The van der Waals surface area contributed by atoms with Crippen molar-refractivity contribution in [2.24, 2.45) is 0 Å². The van der Waals surface area contributed by atoms with Crippen molar-refractivity contribution >= 4 is 34.4 Å². The zero-order valence-electron chi connectivity index (χ0n) is 18.8. The Morgan fingerprint density at radius 2 is 1.71 bits per heavy atom. The second-order valence-electron chi connectivity index (χ2n) is 7.87. The SMILES string of the molecule is COc1ccc(/C(O)=C2\C(=O)C(=O)N(c3nc4ccccc4[nH]3)C2c2ccc(F)cc2)cc1OC. The molecule has 1 amide bonds. The van der Waals surface area contributed by atoms with E-state index in [-0.39, 0.29) is 17.1 Å². The van der Waals surface area contributed by atoms with Crippen LogP contribution < -0.4 is 14.4 Å². The number of aromatic nitrogens is 2. The van der Waals surface area contributed by atoms with E-state index in [9.17, 15) is 19.1 Å². The van der Waals surface area contributed by atoms with Crippen molar-refractivity contribution in [3.05, 3.63) is 89.2 Å². The Morgan fingerprint density at radius 3 is 2.40 bits per heavy atom. The van der Waals surface area contributed by atoms with Crippen molar-refractivity contribution in [1.82, 2.24) is 9.97 Å². The number of Topliss-reactive ketones (excluding diaryl/α,β-unsaturated/α-hetero) is 1. The summed E-state index contributed by atoms with van der Waals surface area (Å²) in [6, 6.07) is 16.1. The number of imidazole rings is 1. The Balaban J connectivity index is 1.72. The van der Waals surface area contributed by atoms with E-state index in [1.54, 1.807) is 30.3 Å². The number of benzene rings is 3. The molecule has 0 radical (unpaired) electrons. The summed E-state index contributed by atoms with van der Waals surface area (Å²) >= 11 is 0. The predicted molar refractivity (Wildman–Crippen MR) is 127 cm³/mol. The topological polar surface area (TPSA) is 105 Å². The van der Waals surface area contributed by atoms with Crippen LogP contribution in [0.2, 0.25) is 0 Å². The van der Waals surface area contributed by atoms with Gasteiger partial charge in [0.15, 0.2) is 11.5 Å². The van der Waals surface area contributed by atoms with E-state index in [0.29, 0.717) is 28.1 Å². The van der Waals surface area contributed by atoms with Gasteiger partial charge >= 0.3 is 5.91 Å². The lowest BCUT2D eigenvalue weighted by Gasteiger charge is -2.23. The van der Waals surface area contributed by atoms with Crippen LogP contribution in [-0.2, 0) is 9.59 Å². The van der Waals surface area contributed by atoms with Gasteiger partial charge in [0, 0.05) is 5.56 Å². The number of fused-ring (bicyclic) bond motifs is 1. The molecule has 9 heteroatoms. The first-order valence-electron chi connectivity index (χ1n) is 10.7. The molecule has 2 N–H and O–H groups in total. The Bertz CT molecular complexity index is 1460. The van der Waals surface area contributed by atoms with Crippen LogP contribution in [0.15, 0.2) is 72.3 Å². The van der Waals surface area contributed by atoms with Crippen LogP contribution >= 0.6 is 0 Å². The average Bonchev–Trinajstić information content (AvgIpc) is 3.42. The molecule has 1 aromatic heterocycles. The molecule has 1 unspecified atom stereocenters. The predicted octanol–water partition coefficient (Wildman–Crippen LogP) is 4.35. The van der Waals surface area contributed by atoms with E-state index in [2.05, 4.69) is 9.97 Å². The van der Waals surface area contributed by atoms with Gasteiger partial charge in [-0.25, -0.2) is 9.37 Å². The minimum atomic E-state index is -1.05. The van der Waals surface area contributed by atoms with Gasteiger partial charge < -0.3 is 19.6 Å². The molecule has 3 aromatic carbocycles. The summed E-state index contributed by atoms with van der Waals surface area (Å²) in [7, 11) is 2.92. The highest BCUT2D eigenvalue weighted by Gasteiger charge is 2.48. The van der Waals surface area contributed by atoms with Crippen LogP contribution in [0, 0.1) is 5.82 Å². The normalized spacial score (nSPS) is 17.2. The van der Waals surface area contributed by atoms with Gasteiger partial charge in [-0.3, -0.25) is 14.5 Å². The number of rotatable bonds is 5. The van der Waals surface area contributed by atoms with Crippen LogP contribution in [0.4, 0.5) is 10.3 Å². The first-order chi connectivity index (χ1) is 16.9. The fourth-order valence-electron chi connectivity index (χ4n) is 4.20. The van der Waals surface area contributed by atoms with Gasteiger partial charge in [0.2, 0.25) is 5.95 Å². The molecule has 0 spiro atoms. The Kier molecular flexibility index (Phi) is 5.44. The molecule has 35 heavy (non-hydrogen) atoms. The van der Waals surface area contributed by atoms with E-state index in [4.69, 9.17) is 9.47 Å². The van der Waals surface area contributed by atoms with Crippen molar-refractivity contribution in [2.45, 2.75) is 6.04 Å². The summed E-state index contributed by atoms with van der Waals surface area (Å²) in [6.07, 6.45) is 0. The molecule has 8 nitrogen and oxygen atoms in total. The largest absolute Gasteiger partial charge is 0.507 e. The molecule has 0 aliphatic carbocycles. The molecule has 0 saturated carbocycles. The first-order valence-corrected chi connectivity index (χ1v) is 10.7. The number of hydrogen-bond donors (Lipinski definition) is 2. The van der Waals surface area contributed by atoms with Crippen LogP contribution in [0.1, 0.15) is 17.2 Å². The molecule has 2 heterocycles. The number of amides is 1. The van der Waals surface area contributed by atoms with Gasteiger partial charge in [-0.1, -0.05) is 24.3 Å². The van der Waals surface area contributed by atoms with Gasteiger partial charge in [0.1, 0.15) is 11.6 Å². The van der Waals surface area contributed by atoms with E-state index in [1.165, 1.54) is 49.5 Å². The highest BCUT2D eigenvalue weighted by molar-refractivity contribution is 6.51. The van der Waals surface area contributed by atoms with Gasteiger partial charge in [-0.15, -0.1) is 0 Å². The number of carbonyl (C=O) groups excluding carboxylic acids is 2. The van der Waals surface area contributed by atoms with E-state index in [1.807, 2.05) is 6.07 Å². The van der Waals surface area contributed by atoms with Crippen LogP contribution in [0.5, 0.6) is 11.5 Å². The molecule has 5 rings (SSSR count). The average molecular weight is 473 g/mol. The quantitative estimate of drug-likeness (QED) is 0.254. The number of aromatic amines is 1. The number of ether oxygens (including phenoxy) is 2. The fraction of sp³-hybridized carbons (Fsp3) is 0.115. The van der Waals surface area contributed by atoms with E-state index < -0.39 is 29.3 Å². The summed E-state index contributed by atoms with van der Waals surface area (Å²) in [5.74, 6) is -1.75. The Hall–Kier alpha value is -4.66. The molecule has 0 bridgehead atoms. The van der Waals surface area contributed by atoms with Gasteiger partial charge in [-0.05, 0) is 48.0 Å². The van der Waals surface area contributed by atoms with E-state index >= 15 is 0 Å². The zero-order chi connectivity index (χ0) is 24.7. The summed E-state index contributed by atoms with van der Waals surface area (Å²) in [6.45, 7) is 0. The van der Waals surface area contributed by atoms with Crippen molar-refractivity contribution < 1.29 is 28.6 Å². The smallest absolute Gasteiger partial charge is 0.302 e. The number of anilines is 1. The molecular formula is C26H20FN3O5. The highest BCUT2D eigenvalue weighted by Crippen LogP contribution is 2.42. The molecule has 1 atom stereocenters. The molecule has 1 aliphatic heterocycles. The Labute approximate surface area is 199 Å². The summed E-state index contributed by atoms with van der Waals surface area (Å²) in [4.78, 5) is 35.2. The number of aliphatic hydroxyl groups is 1. The lowest BCUT2D eigenvalue weighted by Crippen LogP contribution is -2.30. The highest BCUT2D eigenvalue weighted by atomic mass is 19.1. The third-order valence-electron chi connectivity index (χ3n) is 5.89. The number of hydrogen-bond acceptors (Lipinski definition) is 6. The minimum absolute atomic E-state index is 0.133. The number of nitrogens with one attached hydrogen (secondary N) is 1.